The summed E-state index contributed by atoms with van der Waals surface area (Å²) in [6, 6.07) is 5.28. The Morgan fingerprint density at radius 2 is 1.95 bits per heavy atom. The molecule has 2 aromatic rings. The SMILES string of the molecule is COC(=O)c1nc(C)n(-c2ccc(OC)cc2OC)c1N. The van der Waals surface area contributed by atoms with Crippen molar-refractivity contribution < 1.29 is 19.0 Å². The molecule has 1 aromatic carbocycles. The second kappa shape index (κ2) is 5.74. The van der Waals surface area contributed by atoms with Gasteiger partial charge in [0, 0.05) is 6.07 Å². The van der Waals surface area contributed by atoms with Crippen molar-refractivity contribution in [1.82, 2.24) is 9.55 Å². The van der Waals surface area contributed by atoms with Gasteiger partial charge < -0.3 is 19.9 Å². The Morgan fingerprint density at radius 3 is 2.52 bits per heavy atom. The zero-order chi connectivity index (χ0) is 15.6. The van der Waals surface area contributed by atoms with E-state index >= 15 is 0 Å². The number of hydrogen-bond acceptors (Lipinski definition) is 6. The lowest BCUT2D eigenvalue weighted by atomic mass is 10.2. The van der Waals surface area contributed by atoms with E-state index in [0.717, 1.165) is 0 Å². The van der Waals surface area contributed by atoms with Gasteiger partial charge in [0.1, 0.15) is 23.1 Å². The predicted octanol–water partition coefficient (Wildman–Crippen LogP) is 1.57. The summed E-state index contributed by atoms with van der Waals surface area (Å²) in [6.45, 7) is 1.74. The molecule has 0 atom stereocenters. The summed E-state index contributed by atoms with van der Waals surface area (Å²) in [6.07, 6.45) is 0. The average molecular weight is 291 g/mol. The quantitative estimate of drug-likeness (QED) is 0.860. The molecule has 0 spiro atoms. The minimum atomic E-state index is -0.582. The van der Waals surface area contributed by atoms with Gasteiger partial charge in [0.05, 0.1) is 27.0 Å². The number of hydrogen-bond donors (Lipinski definition) is 1. The number of benzene rings is 1. The Hall–Kier alpha value is -2.70. The summed E-state index contributed by atoms with van der Waals surface area (Å²) in [5.41, 5.74) is 6.76. The van der Waals surface area contributed by atoms with Crippen LogP contribution < -0.4 is 15.2 Å². The molecule has 0 saturated heterocycles. The summed E-state index contributed by atoms with van der Waals surface area (Å²) in [5, 5.41) is 0. The van der Waals surface area contributed by atoms with Crippen LogP contribution >= 0.6 is 0 Å². The molecule has 0 radical (unpaired) electrons. The fraction of sp³-hybridized carbons (Fsp3) is 0.286. The number of carbonyl (C=O) groups is 1. The monoisotopic (exact) mass is 291 g/mol. The molecule has 0 aliphatic carbocycles. The maximum Gasteiger partial charge on any atom is 0.360 e. The van der Waals surface area contributed by atoms with Crippen LogP contribution in [0, 0.1) is 6.92 Å². The first kappa shape index (κ1) is 14.7. The third-order valence-electron chi connectivity index (χ3n) is 3.09. The van der Waals surface area contributed by atoms with Crippen LogP contribution in [0.3, 0.4) is 0 Å². The van der Waals surface area contributed by atoms with Crippen molar-refractivity contribution in [2.24, 2.45) is 0 Å². The molecule has 2 rings (SSSR count). The molecular weight excluding hydrogens is 274 g/mol. The number of methoxy groups -OCH3 is 3. The Kier molecular flexibility index (Phi) is 4.02. The summed E-state index contributed by atoms with van der Waals surface area (Å²) >= 11 is 0. The first-order valence-electron chi connectivity index (χ1n) is 6.19. The molecule has 0 aliphatic rings. The number of rotatable bonds is 4. The number of carbonyl (C=O) groups excluding carboxylic acids is 1. The highest BCUT2D eigenvalue weighted by Crippen LogP contribution is 2.31. The number of anilines is 1. The number of aromatic nitrogens is 2. The topological polar surface area (TPSA) is 88.6 Å². The molecule has 0 amide bonds. The molecule has 7 nitrogen and oxygen atoms in total. The fourth-order valence-electron chi connectivity index (χ4n) is 2.07. The van der Waals surface area contributed by atoms with Crippen molar-refractivity contribution >= 4 is 11.8 Å². The van der Waals surface area contributed by atoms with Crippen molar-refractivity contribution in [3.63, 3.8) is 0 Å². The Balaban J connectivity index is 2.62. The van der Waals surface area contributed by atoms with Gasteiger partial charge in [-0.15, -0.1) is 0 Å². The highest BCUT2D eigenvalue weighted by Gasteiger charge is 2.21. The van der Waals surface area contributed by atoms with Gasteiger partial charge >= 0.3 is 5.97 Å². The van der Waals surface area contributed by atoms with Gasteiger partial charge in [-0.3, -0.25) is 4.57 Å². The molecule has 0 aliphatic heterocycles. The van der Waals surface area contributed by atoms with Crippen molar-refractivity contribution in [2.75, 3.05) is 27.1 Å². The fourth-order valence-corrected chi connectivity index (χ4v) is 2.07. The van der Waals surface area contributed by atoms with E-state index in [0.29, 0.717) is 23.0 Å². The lowest BCUT2D eigenvalue weighted by Crippen LogP contribution is -2.08. The molecule has 112 valence electrons. The molecule has 21 heavy (non-hydrogen) atoms. The first-order valence-corrected chi connectivity index (χ1v) is 6.19. The molecule has 7 heteroatoms. The second-order valence-electron chi connectivity index (χ2n) is 4.26. The number of nitrogens with zero attached hydrogens (tertiary/aromatic N) is 2. The number of nitrogen functional groups attached to an aromatic ring is 1. The van der Waals surface area contributed by atoms with Crippen LogP contribution in [-0.2, 0) is 4.74 Å². The maximum absolute atomic E-state index is 11.7. The molecule has 0 fully saturated rings. The number of imidazole rings is 1. The lowest BCUT2D eigenvalue weighted by molar-refractivity contribution is 0.0596. The second-order valence-corrected chi connectivity index (χ2v) is 4.26. The third kappa shape index (κ3) is 2.49. The average Bonchev–Trinajstić information content (AvgIpc) is 2.80. The third-order valence-corrected chi connectivity index (χ3v) is 3.09. The maximum atomic E-state index is 11.7. The Bertz CT molecular complexity index is 679. The number of aryl methyl sites for hydroxylation is 1. The van der Waals surface area contributed by atoms with Crippen LogP contribution in [0.1, 0.15) is 16.3 Å². The molecule has 0 saturated carbocycles. The van der Waals surface area contributed by atoms with Crippen LogP contribution in [0.5, 0.6) is 11.5 Å². The van der Waals surface area contributed by atoms with Gasteiger partial charge in [-0.2, -0.15) is 0 Å². The van der Waals surface area contributed by atoms with Crippen LogP contribution in [0.15, 0.2) is 18.2 Å². The van der Waals surface area contributed by atoms with E-state index in [1.165, 1.54) is 7.11 Å². The normalized spacial score (nSPS) is 10.3. The van der Waals surface area contributed by atoms with Crippen LogP contribution in [0.25, 0.3) is 5.69 Å². The summed E-state index contributed by atoms with van der Waals surface area (Å²) in [5.74, 6) is 1.37. The van der Waals surface area contributed by atoms with Crippen LogP contribution in [-0.4, -0.2) is 36.8 Å². The van der Waals surface area contributed by atoms with Gasteiger partial charge in [0.2, 0.25) is 0 Å². The summed E-state index contributed by atoms with van der Waals surface area (Å²) < 4.78 is 16.8. The highest BCUT2D eigenvalue weighted by atomic mass is 16.5. The van der Waals surface area contributed by atoms with Crippen molar-refractivity contribution in [3.05, 3.63) is 29.7 Å². The minimum absolute atomic E-state index is 0.0767. The Morgan fingerprint density at radius 1 is 1.24 bits per heavy atom. The molecular formula is C14H17N3O4. The van der Waals surface area contributed by atoms with Gasteiger partial charge in [-0.25, -0.2) is 9.78 Å². The molecule has 1 heterocycles. The van der Waals surface area contributed by atoms with Crippen LogP contribution in [0.4, 0.5) is 5.82 Å². The first-order chi connectivity index (χ1) is 10.0. The highest BCUT2D eigenvalue weighted by molar-refractivity contribution is 5.92. The number of nitrogens with two attached hydrogens (primary N) is 1. The van der Waals surface area contributed by atoms with E-state index in [4.69, 9.17) is 15.2 Å². The van der Waals surface area contributed by atoms with Crippen molar-refractivity contribution in [3.8, 4) is 17.2 Å². The van der Waals surface area contributed by atoms with E-state index < -0.39 is 5.97 Å². The number of ether oxygens (including phenoxy) is 3. The Labute approximate surface area is 122 Å². The standard InChI is InChI=1S/C14H17N3O4/c1-8-16-12(14(18)21-4)13(15)17(8)10-6-5-9(19-2)7-11(10)20-3/h5-7H,15H2,1-4H3. The van der Waals surface area contributed by atoms with E-state index in [1.807, 2.05) is 0 Å². The summed E-state index contributed by atoms with van der Waals surface area (Å²) in [7, 11) is 4.40. The molecule has 2 N–H and O–H groups in total. The summed E-state index contributed by atoms with van der Waals surface area (Å²) in [4.78, 5) is 15.8. The van der Waals surface area contributed by atoms with Crippen molar-refractivity contribution in [2.45, 2.75) is 6.92 Å². The zero-order valence-electron chi connectivity index (χ0n) is 12.3. The largest absolute Gasteiger partial charge is 0.497 e. The lowest BCUT2D eigenvalue weighted by Gasteiger charge is -2.13. The van der Waals surface area contributed by atoms with Gasteiger partial charge in [-0.1, -0.05) is 0 Å². The van der Waals surface area contributed by atoms with E-state index in [9.17, 15) is 4.79 Å². The molecule has 1 aromatic heterocycles. The van der Waals surface area contributed by atoms with E-state index in [-0.39, 0.29) is 11.5 Å². The van der Waals surface area contributed by atoms with Crippen molar-refractivity contribution in [1.29, 1.82) is 0 Å². The van der Waals surface area contributed by atoms with E-state index in [1.54, 1.807) is 43.9 Å². The smallest absolute Gasteiger partial charge is 0.360 e. The zero-order valence-corrected chi connectivity index (χ0v) is 12.3. The number of esters is 1. The van der Waals surface area contributed by atoms with Gasteiger partial charge in [0.15, 0.2) is 5.69 Å². The van der Waals surface area contributed by atoms with Gasteiger partial charge in [-0.05, 0) is 19.1 Å². The van der Waals surface area contributed by atoms with Gasteiger partial charge in [0.25, 0.3) is 0 Å². The minimum Gasteiger partial charge on any atom is -0.497 e. The molecule has 0 unspecified atom stereocenters. The predicted molar refractivity (Wildman–Crippen MR) is 77.2 cm³/mol. The van der Waals surface area contributed by atoms with E-state index in [2.05, 4.69) is 9.72 Å². The van der Waals surface area contributed by atoms with Crippen LogP contribution in [0.2, 0.25) is 0 Å². The molecule has 0 bridgehead atoms.